The van der Waals surface area contributed by atoms with E-state index in [1.165, 1.54) is 0 Å². The van der Waals surface area contributed by atoms with Crippen LogP contribution in [0.2, 0.25) is 0 Å². The van der Waals surface area contributed by atoms with E-state index in [0.717, 1.165) is 18.4 Å². The van der Waals surface area contributed by atoms with Crippen LogP contribution in [0.15, 0.2) is 28.5 Å². The summed E-state index contributed by atoms with van der Waals surface area (Å²) < 4.78 is 0. The molecule has 0 saturated heterocycles. The molecule has 1 aliphatic rings. The summed E-state index contributed by atoms with van der Waals surface area (Å²) in [6.07, 6.45) is 4.74. The maximum absolute atomic E-state index is 6.13. The number of nitrogens with zero attached hydrogens (tertiary/aromatic N) is 1. The minimum atomic E-state index is 0.442. The van der Waals surface area contributed by atoms with Crippen LogP contribution in [0.5, 0.6) is 0 Å². The van der Waals surface area contributed by atoms with Crippen LogP contribution in [-0.2, 0) is 0 Å². The molecule has 2 atom stereocenters. The van der Waals surface area contributed by atoms with Crippen molar-refractivity contribution in [1.82, 2.24) is 5.43 Å². The molecule has 1 aliphatic heterocycles. The van der Waals surface area contributed by atoms with E-state index in [0.29, 0.717) is 28.6 Å². The molecule has 90 valence electrons. The maximum atomic E-state index is 6.13. The van der Waals surface area contributed by atoms with E-state index in [1.54, 1.807) is 0 Å². The first-order chi connectivity index (χ1) is 7.58. The molecule has 0 spiro atoms. The van der Waals surface area contributed by atoms with Crippen LogP contribution in [0.3, 0.4) is 0 Å². The largest absolute Gasteiger partial charge is 0.266 e. The summed E-state index contributed by atoms with van der Waals surface area (Å²) in [5.41, 5.74) is 3.93. The SMILES string of the molecule is C=CC(C)CC(CC)C1=C(Cl)NN=C(Cl)C1. The van der Waals surface area contributed by atoms with Gasteiger partial charge in [0.2, 0.25) is 0 Å². The summed E-state index contributed by atoms with van der Waals surface area (Å²) in [7, 11) is 0. The first-order valence-corrected chi connectivity index (χ1v) is 6.33. The predicted octanol–water partition coefficient (Wildman–Crippen LogP) is 4.22. The molecule has 4 heteroatoms. The summed E-state index contributed by atoms with van der Waals surface area (Å²) in [5, 5.41) is 5.10. The number of hydrogen-bond acceptors (Lipinski definition) is 2. The number of hydrogen-bond donors (Lipinski definition) is 1. The molecule has 0 bridgehead atoms. The minimum absolute atomic E-state index is 0.442. The third-order valence-electron chi connectivity index (χ3n) is 2.94. The van der Waals surface area contributed by atoms with Crippen LogP contribution < -0.4 is 5.43 Å². The zero-order valence-corrected chi connectivity index (χ0v) is 11.3. The summed E-state index contributed by atoms with van der Waals surface area (Å²) in [6.45, 7) is 8.14. The average molecular weight is 261 g/mol. The lowest BCUT2D eigenvalue weighted by Crippen LogP contribution is -2.19. The van der Waals surface area contributed by atoms with Gasteiger partial charge in [0, 0.05) is 6.42 Å². The number of hydrazone groups is 1. The number of rotatable bonds is 5. The zero-order chi connectivity index (χ0) is 12.1. The smallest absolute Gasteiger partial charge is 0.130 e. The molecule has 0 fully saturated rings. The standard InChI is InChI=1S/C12H18Cl2N2/c1-4-8(3)6-9(5-2)10-7-11(13)15-16-12(10)14/h4,8-9,16H,1,5-7H2,2-3H3. The normalized spacial score (nSPS) is 19.9. The van der Waals surface area contributed by atoms with Crippen molar-refractivity contribution in [1.29, 1.82) is 0 Å². The van der Waals surface area contributed by atoms with Gasteiger partial charge in [-0.2, -0.15) is 5.10 Å². The predicted molar refractivity (Wildman–Crippen MR) is 71.7 cm³/mol. The Labute approximate surface area is 107 Å². The molecule has 0 aromatic carbocycles. The Morgan fingerprint density at radius 1 is 1.56 bits per heavy atom. The van der Waals surface area contributed by atoms with Crippen molar-refractivity contribution < 1.29 is 0 Å². The van der Waals surface area contributed by atoms with Crippen molar-refractivity contribution in [2.45, 2.75) is 33.1 Å². The highest BCUT2D eigenvalue weighted by Gasteiger charge is 2.21. The highest BCUT2D eigenvalue weighted by atomic mass is 35.5. The van der Waals surface area contributed by atoms with E-state index < -0.39 is 0 Å². The Balaban J connectivity index is 2.75. The lowest BCUT2D eigenvalue weighted by atomic mass is 9.86. The first-order valence-electron chi connectivity index (χ1n) is 5.57. The van der Waals surface area contributed by atoms with Crippen molar-refractivity contribution in [2.24, 2.45) is 16.9 Å². The van der Waals surface area contributed by atoms with Crippen LogP contribution >= 0.6 is 23.2 Å². The lowest BCUT2D eigenvalue weighted by Gasteiger charge is -2.24. The first kappa shape index (κ1) is 13.6. The fraction of sp³-hybridized carbons (Fsp3) is 0.583. The fourth-order valence-corrected chi connectivity index (χ4v) is 2.33. The Bertz CT molecular complexity index is 321. The van der Waals surface area contributed by atoms with Crippen LogP contribution in [0, 0.1) is 11.8 Å². The molecular formula is C12H18Cl2N2. The number of nitrogens with one attached hydrogen (secondary N) is 1. The third kappa shape index (κ3) is 3.53. The lowest BCUT2D eigenvalue weighted by molar-refractivity contribution is 0.467. The van der Waals surface area contributed by atoms with Crippen LogP contribution in [0.25, 0.3) is 0 Å². The van der Waals surface area contributed by atoms with Crippen LogP contribution in [0.1, 0.15) is 33.1 Å². The molecule has 0 aromatic heterocycles. The minimum Gasteiger partial charge on any atom is -0.266 e. The van der Waals surface area contributed by atoms with Crippen molar-refractivity contribution >= 4 is 28.4 Å². The Kier molecular flexibility index (Phi) is 5.36. The molecule has 0 aromatic rings. The molecule has 16 heavy (non-hydrogen) atoms. The number of allylic oxidation sites excluding steroid dienone is 2. The fourth-order valence-electron chi connectivity index (χ4n) is 1.88. The summed E-state index contributed by atoms with van der Waals surface area (Å²) in [6, 6.07) is 0. The van der Waals surface area contributed by atoms with Gasteiger partial charge in [-0.3, -0.25) is 5.43 Å². The van der Waals surface area contributed by atoms with E-state index >= 15 is 0 Å². The summed E-state index contributed by atoms with van der Waals surface area (Å²) in [5.74, 6) is 0.928. The molecule has 0 saturated carbocycles. The van der Waals surface area contributed by atoms with Crippen LogP contribution in [0.4, 0.5) is 0 Å². The zero-order valence-electron chi connectivity index (χ0n) is 9.76. The molecule has 2 unspecified atom stereocenters. The van der Waals surface area contributed by atoms with Gasteiger partial charge in [0.15, 0.2) is 0 Å². The number of halogens is 2. The highest BCUT2D eigenvalue weighted by Crippen LogP contribution is 2.31. The Hall–Kier alpha value is -0.470. The second-order valence-corrected chi connectivity index (χ2v) is 4.98. The van der Waals surface area contributed by atoms with Crippen molar-refractivity contribution in [3.63, 3.8) is 0 Å². The van der Waals surface area contributed by atoms with Crippen LogP contribution in [-0.4, -0.2) is 5.17 Å². The van der Waals surface area contributed by atoms with Gasteiger partial charge >= 0.3 is 0 Å². The van der Waals surface area contributed by atoms with Crippen molar-refractivity contribution in [2.75, 3.05) is 0 Å². The molecule has 2 nitrogen and oxygen atoms in total. The highest BCUT2D eigenvalue weighted by molar-refractivity contribution is 6.65. The monoisotopic (exact) mass is 260 g/mol. The quantitative estimate of drug-likeness (QED) is 0.581. The maximum Gasteiger partial charge on any atom is 0.130 e. The molecular weight excluding hydrogens is 243 g/mol. The molecule has 0 aliphatic carbocycles. The summed E-state index contributed by atoms with van der Waals surface area (Å²) >= 11 is 12.0. The third-order valence-corrected chi connectivity index (χ3v) is 3.48. The molecule has 0 amide bonds. The van der Waals surface area contributed by atoms with Gasteiger partial charge in [0.25, 0.3) is 0 Å². The van der Waals surface area contributed by atoms with Gasteiger partial charge in [-0.25, -0.2) is 0 Å². The second-order valence-electron chi connectivity index (χ2n) is 4.17. The average Bonchev–Trinajstić information content (AvgIpc) is 2.29. The molecule has 0 radical (unpaired) electrons. The Morgan fingerprint density at radius 3 is 2.81 bits per heavy atom. The van der Waals surface area contributed by atoms with E-state index in [4.69, 9.17) is 23.2 Å². The van der Waals surface area contributed by atoms with Crippen molar-refractivity contribution in [3.05, 3.63) is 23.4 Å². The van der Waals surface area contributed by atoms with E-state index in [2.05, 4.69) is 31.0 Å². The molecule has 1 N–H and O–H groups in total. The van der Waals surface area contributed by atoms with E-state index in [-0.39, 0.29) is 0 Å². The van der Waals surface area contributed by atoms with E-state index in [9.17, 15) is 0 Å². The topological polar surface area (TPSA) is 24.4 Å². The Morgan fingerprint density at radius 2 is 2.25 bits per heavy atom. The second kappa shape index (κ2) is 6.31. The van der Waals surface area contributed by atoms with Gasteiger partial charge in [-0.15, -0.1) is 6.58 Å². The molecule has 1 heterocycles. The molecule has 1 rings (SSSR count). The van der Waals surface area contributed by atoms with Gasteiger partial charge in [0.1, 0.15) is 10.3 Å². The van der Waals surface area contributed by atoms with Gasteiger partial charge in [-0.1, -0.05) is 43.1 Å². The van der Waals surface area contributed by atoms with Gasteiger partial charge < -0.3 is 0 Å². The van der Waals surface area contributed by atoms with E-state index in [1.807, 2.05) is 6.08 Å². The van der Waals surface area contributed by atoms with Crippen molar-refractivity contribution in [3.8, 4) is 0 Å². The van der Waals surface area contributed by atoms with Gasteiger partial charge in [0.05, 0.1) is 0 Å². The summed E-state index contributed by atoms with van der Waals surface area (Å²) in [4.78, 5) is 0. The van der Waals surface area contributed by atoms with Gasteiger partial charge in [-0.05, 0) is 30.3 Å².